The number of hydrogen-bond acceptors (Lipinski definition) is 3. The lowest BCUT2D eigenvalue weighted by Gasteiger charge is -2.13. The molecular weight excluding hydrogens is 228 g/mol. The van der Waals surface area contributed by atoms with Crippen LogP contribution in [0.3, 0.4) is 0 Å². The Hall–Kier alpha value is -0.850. The van der Waals surface area contributed by atoms with Crippen LogP contribution < -0.4 is 5.32 Å². The normalized spacial score (nSPS) is 19.9. The molecule has 1 fully saturated rings. The summed E-state index contributed by atoms with van der Waals surface area (Å²) in [4.78, 5) is 0. The van der Waals surface area contributed by atoms with E-state index in [0.29, 0.717) is 16.6 Å². The maximum absolute atomic E-state index is 8.96. The molecule has 1 atom stereocenters. The van der Waals surface area contributed by atoms with E-state index in [0.717, 1.165) is 17.9 Å². The van der Waals surface area contributed by atoms with Crippen molar-refractivity contribution in [1.82, 2.24) is 0 Å². The smallest absolute Gasteiger partial charge is 0.101 e. The molecule has 0 bridgehead atoms. The number of anilines is 1. The standard InChI is InChI=1S/C11H11ClN2S/c12-9-1-2-11(8(5-9)6-13)14-10-3-4-15-7-10/h1-2,5,10,14H,3-4,7H2. The van der Waals surface area contributed by atoms with Crippen LogP contribution in [0, 0.1) is 11.3 Å². The first kappa shape index (κ1) is 10.7. The topological polar surface area (TPSA) is 35.8 Å². The van der Waals surface area contributed by atoms with Gasteiger partial charge in [0.1, 0.15) is 6.07 Å². The fraction of sp³-hybridized carbons (Fsp3) is 0.364. The number of thioether (sulfide) groups is 1. The number of halogens is 1. The molecule has 2 rings (SSSR count). The molecule has 1 aliphatic rings. The van der Waals surface area contributed by atoms with E-state index in [1.165, 1.54) is 5.75 Å². The van der Waals surface area contributed by atoms with Crippen molar-refractivity contribution in [1.29, 1.82) is 5.26 Å². The van der Waals surface area contributed by atoms with Crippen LogP contribution in [0.2, 0.25) is 5.02 Å². The molecule has 78 valence electrons. The summed E-state index contributed by atoms with van der Waals surface area (Å²) in [5, 5.41) is 13.0. The minimum atomic E-state index is 0.489. The van der Waals surface area contributed by atoms with E-state index in [-0.39, 0.29) is 0 Å². The van der Waals surface area contributed by atoms with Crippen LogP contribution in [0.5, 0.6) is 0 Å². The van der Waals surface area contributed by atoms with Gasteiger partial charge < -0.3 is 5.32 Å². The van der Waals surface area contributed by atoms with E-state index in [1.807, 2.05) is 23.9 Å². The summed E-state index contributed by atoms with van der Waals surface area (Å²) in [5.41, 5.74) is 1.52. The lowest BCUT2D eigenvalue weighted by molar-refractivity contribution is 0.812. The fourth-order valence-electron chi connectivity index (χ4n) is 1.60. The number of nitrogens with one attached hydrogen (secondary N) is 1. The van der Waals surface area contributed by atoms with Crippen molar-refractivity contribution < 1.29 is 0 Å². The molecule has 1 N–H and O–H groups in total. The molecule has 0 radical (unpaired) electrons. The van der Waals surface area contributed by atoms with Crippen LogP contribution in [0.1, 0.15) is 12.0 Å². The minimum Gasteiger partial charge on any atom is -0.380 e. The van der Waals surface area contributed by atoms with Gasteiger partial charge in [0, 0.05) is 16.8 Å². The molecule has 1 unspecified atom stereocenters. The Morgan fingerprint density at radius 3 is 3.07 bits per heavy atom. The SMILES string of the molecule is N#Cc1cc(Cl)ccc1NC1CCSC1. The number of benzene rings is 1. The maximum atomic E-state index is 8.96. The van der Waals surface area contributed by atoms with Crippen LogP contribution in [0.15, 0.2) is 18.2 Å². The van der Waals surface area contributed by atoms with Crippen molar-refractivity contribution in [3.8, 4) is 6.07 Å². The lowest BCUT2D eigenvalue weighted by Crippen LogP contribution is -2.18. The fourth-order valence-corrected chi connectivity index (χ4v) is 2.93. The zero-order valence-electron chi connectivity index (χ0n) is 8.16. The Bertz CT molecular complexity index is 394. The molecule has 1 aliphatic heterocycles. The largest absolute Gasteiger partial charge is 0.380 e. The Balaban J connectivity index is 2.16. The van der Waals surface area contributed by atoms with Crippen LogP contribution >= 0.6 is 23.4 Å². The van der Waals surface area contributed by atoms with E-state index < -0.39 is 0 Å². The van der Waals surface area contributed by atoms with E-state index in [9.17, 15) is 0 Å². The maximum Gasteiger partial charge on any atom is 0.101 e. The molecule has 0 spiro atoms. The van der Waals surface area contributed by atoms with E-state index in [4.69, 9.17) is 16.9 Å². The molecule has 15 heavy (non-hydrogen) atoms. The van der Waals surface area contributed by atoms with E-state index in [2.05, 4.69) is 11.4 Å². The second-order valence-electron chi connectivity index (χ2n) is 3.51. The zero-order chi connectivity index (χ0) is 10.7. The summed E-state index contributed by atoms with van der Waals surface area (Å²) in [6.07, 6.45) is 1.16. The Kier molecular flexibility index (Phi) is 3.40. The summed E-state index contributed by atoms with van der Waals surface area (Å²) in [6, 6.07) is 8.04. The molecule has 1 saturated heterocycles. The van der Waals surface area contributed by atoms with Gasteiger partial charge in [0.05, 0.1) is 11.3 Å². The Labute approximate surface area is 98.6 Å². The third-order valence-electron chi connectivity index (χ3n) is 2.39. The molecule has 0 saturated carbocycles. The van der Waals surface area contributed by atoms with Crippen LogP contribution in [0.4, 0.5) is 5.69 Å². The first-order valence-electron chi connectivity index (χ1n) is 4.83. The lowest BCUT2D eigenvalue weighted by atomic mass is 10.1. The highest BCUT2D eigenvalue weighted by atomic mass is 35.5. The number of nitrogens with zero attached hydrogens (tertiary/aromatic N) is 1. The van der Waals surface area contributed by atoms with E-state index >= 15 is 0 Å². The number of hydrogen-bond donors (Lipinski definition) is 1. The zero-order valence-corrected chi connectivity index (χ0v) is 9.74. The van der Waals surface area contributed by atoms with Gasteiger partial charge in [-0.3, -0.25) is 0 Å². The van der Waals surface area contributed by atoms with Gasteiger partial charge in [-0.15, -0.1) is 0 Å². The summed E-state index contributed by atoms with van der Waals surface area (Å²) in [6.45, 7) is 0. The molecule has 1 aromatic carbocycles. The minimum absolute atomic E-state index is 0.489. The molecule has 0 aromatic heterocycles. The first-order chi connectivity index (χ1) is 7.29. The second kappa shape index (κ2) is 4.78. The van der Waals surface area contributed by atoms with Crippen LogP contribution in [-0.4, -0.2) is 17.5 Å². The van der Waals surface area contributed by atoms with Crippen molar-refractivity contribution >= 4 is 29.1 Å². The van der Waals surface area contributed by atoms with Gasteiger partial charge in [0.2, 0.25) is 0 Å². The predicted octanol–water partition coefficient (Wildman–Crippen LogP) is 3.13. The molecule has 1 heterocycles. The van der Waals surface area contributed by atoms with Gasteiger partial charge in [-0.05, 0) is 30.4 Å². The monoisotopic (exact) mass is 238 g/mol. The summed E-state index contributed by atoms with van der Waals surface area (Å²) in [5.74, 6) is 2.32. The molecule has 1 aromatic rings. The third-order valence-corrected chi connectivity index (χ3v) is 3.79. The van der Waals surface area contributed by atoms with Crippen LogP contribution in [0.25, 0.3) is 0 Å². The van der Waals surface area contributed by atoms with Gasteiger partial charge in [-0.2, -0.15) is 17.0 Å². The van der Waals surface area contributed by atoms with Crippen molar-refractivity contribution in [2.75, 3.05) is 16.8 Å². The molecule has 0 amide bonds. The van der Waals surface area contributed by atoms with Gasteiger partial charge in [-0.25, -0.2) is 0 Å². The average molecular weight is 239 g/mol. The quantitative estimate of drug-likeness (QED) is 0.860. The van der Waals surface area contributed by atoms with Crippen molar-refractivity contribution in [2.45, 2.75) is 12.5 Å². The molecular formula is C11H11ClN2S. The van der Waals surface area contributed by atoms with Gasteiger partial charge in [-0.1, -0.05) is 11.6 Å². The van der Waals surface area contributed by atoms with Crippen LogP contribution in [-0.2, 0) is 0 Å². The summed E-state index contributed by atoms with van der Waals surface area (Å²) < 4.78 is 0. The highest BCUT2D eigenvalue weighted by Crippen LogP contribution is 2.25. The highest BCUT2D eigenvalue weighted by Gasteiger charge is 2.16. The Morgan fingerprint density at radius 1 is 1.53 bits per heavy atom. The van der Waals surface area contributed by atoms with Crippen molar-refractivity contribution in [2.24, 2.45) is 0 Å². The van der Waals surface area contributed by atoms with Crippen molar-refractivity contribution in [3.63, 3.8) is 0 Å². The van der Waals surface area contributed by atoms with Crippen molar-refractivity contribution in [3.05, 3.63) is 28.8 Å². The van der Waals surface area contributed by atoms with Gasteiger partial charge in [0.25, 0.3) is 0 Å². The molecule has 2 nitrogen and oxygen atoms in total. The van der Waals surface area contributed by atoms with E-state index in [1.54, 1.807) is 6.07 Å². The van der Waals surface area contributed by atoms with Gasteiger partial charge >= 0.3 is 0 Å². The number of nitriles is 1. The molecule has 4 heteroatoms. The highest BCUT2D eigenvalue weighted by molar-refractivity contribution is 7.99. The predicted molar refractivity (Wildman–Crippen MR) is 65.5 cm³/mol. The molecule has 0 aliphatic carbocycles. The summed E-state index contributed by atoms with van der Waals surface area (Å²) in [7, 11) is 0. The number of rotatable bonds is 2. The Morgan fingerprint density at radius 2 is 2.40 bits per heavy atom. The first-order valence-corrected chi connectivity index (χ1v) is 6.37. The summed E-state index contributed by atoms with van der Waals surface area (Å²) >= 11 is 7.78. The van der Waals surface area contributed by atoms with Gasteiger partial charge in [0.15, 0.2) is 0 Å². The second-order valence-corrected chi connectivity index (χ2v) is 5.09. The average Bonchev–Trinajstić information content (AvgIpc) is 2.73. The third kappa shape index (κ3) is 2.58.